The van der Waals surface area contributed by atoms with Crippen molar-refractivity contribution >= 4 is 11.8 Å². The maximum atomic E-state index is 13.2. The van der Waals surface area contributed by atoms with Crippen LogP contribution in [0.2, 0.25) is 0 Å². The van der Waals surface area contributed by atoms with E-state index in [9.17, 15) is 14.7 Å². The maximum absolute atomic E-state index is 13.2. The highest BCUT2D eigenvalue weighted by molar-refractivity contribution is 5.98. The van der Waals surface area contributed by atoms with E-state index in [1.54, 1.807) is 6.92 Å². The molecule has 5 rings (SSSR count). The van der Waals surface area contributed by atoms with Gasteiger partial charge in [-0.25, -0.2) is 9.99 Å². The van der Waals surface area contributed by atoms with Crippen LogP contribution in [0, 0.1) is 0 Å². The van der Waals surface area contributed by atoms with Crippen LogP contribution in [0.25, 0.3) is 0 Å². The van der Waals surface area contributed by atoms with Gasteiger partial charge in [0.25, 0.3) is 11.8 Å². The number of ether oxygens (including phenoxy) is 1. The van der Waals surface area contributed by atoms with E-state index >= 15 is 0 Å². The molecule has 2 saturated carbocycles. The molecule has 0 spiro atoms. The number of benzene rings is 2. The molecule has 2 amide bonds. The number of rotatable bonds is 10. The number of nitrogens with zero attached hydrogens (tertiary/aromatic N) is 2. The second kappa shape index (κ2) is 10.8. The molecular weight excluding hydrogens is 480 g/mol. The Kier molecular flexibility index (Phi) is 7.33. The van der Waals surface area contributed by atoms with Crippen molar-refractivity contribution in [3.63, 3.8) is 0 Å². The first kappa shape index (κ1) is 25.7. The zero-order valence-electron chi connectivity index (χ0n) is 22.0. The van der Waals surface area contributed by atoms with Gasteiger partial charge in [-0.3, -0.25) is 15.0 Å². The van der Waals surface area contributed by atoms with Crippen LogP contribution < -0.4 is 15.5 Å². The summed E-state index contributed by atoms with van der Waals surface area (Å²) in [6, 6.07) is 17.6. The van der Waals surface area contributed by atoms with Crippen molar-refractivity contribution in [3.8, 4) is 11.5 Å². The zero-order chi connectivity index (χ0) is 26.8. The Labute approximate surface area is 223 Å². The molecule has 3 aromatic rings. The standard InChI is InChI=1S/C30H34N4O4/c1-18(32-30(37)26-28(35)25(38-3)14-15-31-26)29(36)33-34(2)27(23-8-4-6-21(16-23)19-10-11-19)24-9-5-7-22(17-24)20-12-13-20/h4-9,14-20,27,35H,10-13H2,1-3H3,(H,32,37)(H,33,36)/t18-/m0/s1. The van der Waals surface area contributed by atoms with Gasteiger partial charge in [-0.1, -0.05) is 48.5 Å². The minimum Gasteiger partial charge on any atom is -0.503 e. The van der Waals surface area contributed by atoms with E-state index in [1.807, 2.05) is 12.1 Å². The molecule has 1 atom stereocenters. The van der Waals surface area contributed by atoms with E-state index in [0.717, 1.165) is 11.1 Å². The zero-order valence-corrected chi connectivity index (χ0v) is 22.0. The first-order valence-electron chi connectivity index (χ1n) is 13.1. The lowest BCUT2D eigenvalue weighted by Gasteiger charge is -2.31. The molecule has 1 aromatic heterocycles. The predicted molar refractivity (Wildman–Crippen MR) is 144 cm³/mol. The van der Waals surface area contributed by atoms with Crippen LogP contribution in [0.3, 0.4) is 0 Å². The molecule has 1 heterocycles. The summed E-state index contributed by atoms with van der Waals surface area (Å²) in [5, 5.41) is 14.7. The van der Waals surface area contributed by atoms with Crippen LogP contribution in [0.5, 0.6) is 11.5 Å². The van der Waals surface area contributed by atoms with Crippen molar-refractivity contribution in [3.05, 3.63) is 88.7 Å². The maximum Gasteiger partial charge on any atom is 0.274 e. The molecule has 2 aliphatic rings. The van der Waals surface area contributed by atoms with Crippen molar-refractivity contribution in [2.45, 2.75) is 56.5 Å². The Morgan fingerprint density at radius 1 is 1.00 bits per heavy atom. The number of hydrogen-bond acceptors (Lipinski definition) is 6. The fourth-order valence-corrected chi connectivity index (χ4v) is 4.87. The molecule has 0 aliphatic heterocycles. The molecule has 38 heavy (non-hydrogen) atoms. The number of aromatic hydroxyl groups is 1. The number of aromatic nitrogens is 1. The highest BCUT2D eigenvalue weighted by Crippen LogP contribution is 2.43. The third-order valence-corrected chi connectivity index (χ3v) is 7.29. The van der Waals surface area contributed by atoms with E-state index in [-0.39, 0.29) is 29.1 Å². The van der Waals surface area contributed by atoms with Crippen molar-refractivity contribution in [2.75, 3.05) is 14.2 Å². The summed E-state index contributed by atoms with van der Waals surface area (Å²) >= 11 is 0. The number of carbonyl (C=O) groups is 2. The molecule has 3 N–H and O–H groups in total. The van der Waals surface area contributed by atoms with E-state index in [4.69, 9.17) is 4.74 Å². The monoisotopic (exact) mass is 514 g/mol. The molecule has 0 radical (unpaired) electrons. The first-order chi connectivity index (χ1) is 18.4. The minimum atomic E-state index is -0.881. The lowest BCUT2D eigenvalue weighted by Crippen LogP contribution is -2.51. The topological polar surface area (TPSA) is 104 Å². The molecule has 2 aromatic carbocycles. The molecule has 8 nitrogen and oxygen atoms in total. The number of hydrogen-bond donors (Lipinski definition) is 3. The van der Waals surface area contributed by atoms with Gasteiger partial charge in [0, 0.05) is 19.3 Å². The van der Waals surface area contributed by atoms with Crippen molar-refractivity contribution in [1.29, 1.82) is 0 Å². The summed E-state index contributed by atoms with van der Waals surface area (Å²) in [5.41, 5.74) is 7.64. The lowest BCUT2D eigenvalue weighted by atomic mass is 9.94. The summed E-state index contributed by atoms with van der Waals surface area (Å²) in [4.78, 5) is 29.9. The smallest absolute Gasteiger partial charge is 0.274 e. The average molecular weight is 515 g/mol. The summed E-state index contributed by atoms with van der Waals surface area (Å²) in [5.74, 6) is -0.0622. The van der Waals surface area contributed by atoms with Crippen LogP contribution in [0.1, 0.15) is 83.2 Å². The second-order valence-corrected chi connectivity index (χ2v) is 10.3. The SMILES string of the molecule is COc1ccnc(C(=O)N[C@@H](C)C(=O)NN(C)C(c2cccc(C3CC3)c2)c2cccc(C3CC3)c2)c1O. The molecule has 2 aliphatic carbocycles. The summed E-state index contributed by atoms with van der Waals surface area (Å²) < 4.78 is 5.05. The summed E-state index contributed by atoms with van der Waals surface area (Å²) in [6.45, 7) is 1.59. The number of amides is 2. The number of nitrogens with one attached hydrogen (secondary N) is 2. The third-order valence-electron chi connectivity index (χ3n) is 7.29. The van der Waals surface area contributed by atoms with Crippen molar-refractivity contribution < 1.29 is 19.4 Å². The Morgan fingerprint density at radius 3 is 2.11 bits per heavy atom. The van der Waals surface area contributed by atoms with Crippen LogP contribution in [0.15, 0.2) is 60.8 Å². The summed E-state index contributed by atoms with van der Waals surface area (Å²) in [6.07, 6.45) is 6.22. The van der Waals surface area contributed by atoms with Crippen LogP contribution >= 0.6 is 0 Å². The fraction of sp³-hybridized carbons (Fsp3) is 0.367. The molecule has 8 heteroatoms. The highest BCUT2D eigenvalue weighted by Gasteiger charge is 2.29. The normalized spacial score (nSPS) is 15.8. The third kappa shape index (κ3) is 5.65. The van der Waals surface area contributed by atoms with Crippen LogP contribution in [-0.2, 0) is 4.79 Å². The number of methoxy groups -OCH3 is 1. The van der Waals surface area contributed by atoms with Gasteiger partial charge >= 0.3 is 0 Å². The van der Waals surface area contributed by atoms with E-state index in [0.29, 0.717) is 11.8 Å². The van der Waals surface area contributed by atoms with Gasteiger partial charge in [0.2, 0.25) is 0 Å². The minimum absolute atomic E-state index is 0.131. The Balaban J connectivity index is 1.35. The Bertz CT molecular complexity index is 1280. The lowest BCUT2D eigenvalue weighted by molar-refractivity contribution is -0.127. The number of hydrazine groups is 1. The number of pyridine rings is 1. The first-order valence-corrected chi connectivity index (χ1v) is 13.1. The number of carbonyl (C=O) groups excluding carboxylic acids is 2. The molecule has 0 saturated heterocycles. The quantitative estimate of drug-likeness (QED) is 0.346. The van der Waals surface area contributed by atoms with Crippen molar-refractivity contribution in [1.82, 2.24) is 20.7 Å². The molecule has 2 fully saturated rings. The molecule has 0 unspecified atom stereocenters. The van der Waals surface area contributed by atoms with Gasteiger partial charge in [0.1, 0.15) is 6.04 Å². The van der Waals surface area contributed by atoms with Gasteiger partial charge in [0.15, 0.2) is 17.2 Å². The van der Waals surface area contributed by atoms with Gasteiger partial charge < -0.3 is 15.2 Å². The van der Waals surface area contributed by atoms with Gasteiger partial charge in [-0.15, -0.1) is 0 Å². The van der Waals surface area contributed by atoms with Gasteiger partial charge in [-0.05, 0) is 66.7 Å². The van der Waals surface area contributed by atoms with Gasteiger partial charge in [-0.2, -0.15) is 0 Å². The fourth-order valence-electron chi connectivity index (χ4n) is 4.87. The van der Waals surface area contributed by atoms with Crippen LogP contribution in [-0.4, -0.2) is 47.1 Å². The Morgan fingerprint density at radius 2 is 1.58 bits per heavy atom. The Hall–Kier alpha value is -3.91. The second-order valence-electron chi connectivity index (χ2n) is 10.3. The van der Waals surface area contributed by atoms with E-state index < -0.39 is 11.9 Å². The van der Waals surface area contributed by atoms with E-state index in [2.05, 4.69) is 64.3 Å². The molecule has 0 bridgehead atoms. The largest absolute Gasteiger partial charge is 0.503 e. The van der Waals surface area contributed by atoms with E-state index in [1.165, 1.54) is 56.2 Å². The summed E-state index contributed by atoms with van der Waals surface area (Å²) in [7, 11) is 3.24. The average Bonchev–Trinajstić information content (AvgIpc) is 3.83. The predicted octanol–water partition coefficient (Wildman–Crippen LogP) is 4.42. The van der Waals surface area contributed by atoms with Gasteiger partial charge in [0.05, 0.1) is 13.2 Å². The molecular formula is C30H34N4O4. The highest BCUT2D eigenvalue weighted by atomic mass is 16.5. The molecule has 198 valence electrons. The van der Waals surface area contributed by atoms with Crippen LogP contribution in [0.4, 0.5) is 0 Å². The van der Waals surface area contributed by atoms with Crippen molar-refractivity contribution in [2.24, 2.45) is 0 Å².